The predicted octanol–water partition coefficient (Wildman–Crippen LogP) is 3.39. The van der Waals surface area contributed by atoms with E-state index in [4.69, 9.17) is 0 Å². The van der Waals surface area contributed by atoms with Crippen molar-refractivity contribution < 1.29 is 5.11 Å². The van der Waals surface area contributed by atoms with Gasteiger partial charge in [0.05, 0.1) is 5.60 Å². The van der Waals surface area contributed by atoms with Gasteiger partial charge in [-0.25, -0.2) is 0 Å². The molecule has 3 rings (SSSR count). The predicted molar refractivity (Wildman–Crippen MR) is 66.0 cm³/mol. The average Bonchev–Trinajstić information content (AvgIpc) is 2.51. The van der Waals surface area contributed by atoms with Crippen molar-refractivity contribution in [3.05, 3.63) is 11.6 Å². The second-order valence-corrected chi connectivity index (χ2v) is 7.16. The molecule has 0 aromatic rings. The summed E-state index contributed by atoms with van der Waals surface area (Å²) in [4.78, 5) is 0. The molecule has 3 aliphatic rings. The van der Waals surface area contributed by atoms with Crippen LogP contribution >= 0.6 is 0 Å². The number of rotatable bonds is 0. The van der Waals surface area contributed by atoms with Crippen LogP contribution in [0.15, 0.2) is 11.6 Å². The largest absolute Gasteiger partial charge is 0.386 e. The third-order valence-electron chi connectivity index (χ3n) is 5.77. The molecule has 1 unspecified atom stereocenters. The van der Waals surface area contributed by atoms with Crippen molar-refractivity contribution in [1.29, 1.82) is 0 Å². The Labute approximate surface area is 98.9 Å². The van der Waals surface area contributed by atoms with Gasteiger partial charge >= 0.3 is 0 Å². The van der Waals surface area contributed by atoms with Crippen LogP contribution in [0.4, 0.5) is 0 Å². The number of hydrogen-bond acceptors (Lipinski definition) is 1. The Morgan fingerprint density at radius 2 is 2.00 bits per heavy atom. The minimum Gasteiger partial charge on any atom is -0.386 e. The van der Waals surface area contributed by atoms with E-state index in [1.54, 1.807) is 0 Å². The Morgan fingerprint density at radius 1 is 1.31 bits per heavy atom. The molecule has 1 heteroatoms. The third kappa shape index (κ3) is 1.21. The van der Waals surface area contributed by atoms with Crippen LogP contribution < -0.4 is 0 Å². The van der Waals surface area contributed by atoms with Crippen LogP contribution in [0.3, 0.4) is 0 Å². The molecule has 0 heterocycles. The van der Waals surface area contributed by atoms with Crippen molar-refractivity contribution >= 4 is 0 Å². The molecule has 2 saturated carbocycles. The molecule has 2 fully saturated rings. The molecule has 0 spiro atoms. The van der Waals surface area contributed by atoms with Crippen molar-refractivity contribution in [2.75, 3.05) is 0 Å². The van der Waals surface area contributed by atoms with Gasteiger partial charge in [-0.15, -0.1) is 0 Å². The number of aliphatic hydroxyl groups is 1. The normalized spacial score (nSPS) is 53.7. The van der Waals surface area contributed by atoms with Crippen molar-refractivity contribution in [2.45, 2.75) is 52.6 Å². The first-order chi connectivity index (χ1) is 7.36. The second-order valence-electron chi connectivity index (χ2n) is 7.16. The van der Waals surface area contributed by atoms with E-state index < -0.39 is 5.60 Å². The van der Waals surface area contributed by atoms with Gasteiger partial charge in [-0.3, -0.25) is 0 Å². The average molecular weight is 220 g/mol. The Hall–Kier alpha value is -0.300. The quantitative estimate of drug-likeness (QED) is 0.620. The maximum atomic E-state index is 10.6. The van der Waals surface area contributed by atoms with Gasteiger partial charge in [0.1, 0.15) is 0 Å². The summed E-state index contributed by atoms with van der Waals surface area (Å²) in [7, 11) is 0. The minimum atomic E-state index is -0.515. The highest BCUT2D eigenvalue weighted by atomic mass is 16.3. The lowest BCUT2D eigenvalue weighted by atomic mass is 9.78. The van der Waals surface area contributed by atoms with Crippen LogP contribution in [-0.4, -0.2) is 10.7 Å². The molecule has 90 valence electrons. The van der Waals surface area contributed by atoms with Crippen LogP contribution in [-0.2, 0) is 0 Å². The number of allylic oxidation sites excluding steroid dienone is 1. The van der Waals surface area contributed by atoms with Gasteiger partial charge in [-0.2, -0.15) is 0 Å². The lowest BCUT2D eigenvalue weighted by Gasteiger charge is -2.31. The summed E-state index contributed by atoms with van der Waals surface area (Å²) in [6.45, 7) is 9.23. The smallest absolute Gasteiger partial charge is 0.0831 e. The standard InChI is InChI=1S/C15H24O/c1-9-5-6-10-12(9)13-11(14(13,2)3)7-8-15(10,4)16/h6,9,11-13,16H,5,7-8H2,1-4H3/t9-,11-,12?,13-,15+/m0/s1. The first-order valence-electron chi connectivity index (χ1n) is 6.78. The zero-order valence-electron chi connectivity index (χ0n) is 11.0. The zero-order valence-corrected chi connectivity index (χ0v) is 11.0. The van der Waals surface area contributed by atoms with Gasteiger partial charge < -0.3 is 5.11 Å². The summed E-state index contributed by atoms with van der Waals surface area (Å²) in [5, 5.41) is 10.6. The van der Waals surface area contributed by atoms with E-state index in [9.17, 15) is 5.11 Å². The molecule has 5 atom stereocenters. The highest BCUT2D eigenvalue weighted by molar-refractivity contribution is 5.31. The second kappa shape index (κ2) is 2.93. The molecule has 3 aliphatic carbocycles. The fourth-order valence-corrected chi connectivity index (χ4v) is 4.66. The maximum Gasteiger partial charge on any atom is 0.0831 e. The van der Waals surface area contributed by atoms with Crippen LogP contribution in [0.5, 0.6) is 0 Å². The summed E-state index contributed by atoms with van der Waals surface area (Å²) >= 11 is 0. The fraction of sp³-hybridized carbons (Fsp3) is 0.867. The molecule has 0 aromatic heterocycles. The first-order valence-corrected chi connectivity index (χ1v) is 6.78. The molecule has 1 N–H and O–H groups in total. The first kappa shape index (κ1) is 10.8. The molecule has 0 amide bonds. The third-order valence-corrected chi connectivity index (χ3v) is 5.77. The van der Waals surface area contributed by atoms with Gasteiger partial charge in [0.25, 0.3) is 0 Å². The van der Waals surface area contributed by atoms with Gasteiger partial charge in [-0.1, -0.05) is 26.8 Å². The Morgan fingerprint density at radius 3 is 2.69 bits per heavy atom. The lowest BCUT2D eigenvalue weighted by molar-refractivity contribution is 0.0738. The van der Waals surface area contributed by atoms with E-state index >= 15 is 0 Å². The van der Waals surface area contributed by atoms with E-state index in [0.717, 1.165) is 24.2 Å². The van der Waals surface area contributed by atoms with Crippen molar-refractivity contribution in [1.82, 2.24) is 0 Å². The SMILES string of the molecule is C[C@H]1CC=C2C1[C@@H]1[C@H](CC[C@@]2(C)O)C1(C)C. The Bertz CT molecular complexity index is 350. The van der Waals surface area contributed by atoms with Gasteiger partial charge in [0.15, 0.2) is 0 Å². The molecule has 0 bridgehead atoms. The molecule has 0 saturated heterocycles. The van der Waals surface area contributed by atoms with E-state index in [1.807, 2.05) is 6.92 Å². The monoisotopic (exact) mass is 220 g/mol. The molecule has 0 aliphatic heterocycles. The molecular formula is C15H24O. The molecule has 0 aromatic carbocycles. The molecular weight excluding hydrogens is 196 g/mol. The van der Waals surface area contributed by atoms with Gasteiger partial charge in [-0.05, 0) is 60.8 Å². The fourth-order valence-electron chi connectivity index (χ4n) is 4.66. The number of fused-ring (bicyclic) bond motifs is 3. The molecule has 0 radical (unpaired) electrons. The van der Waals surface area contributed by atoms with Crippen LogP contribution in [0, 0.1) is 29.1 Å². The maximum absolute atomic E-state index is 10.6. The molecule has 16 heavy (non-hydrogen) atoms. The van der Waals surface area contributed by atoms with Crippen LogP contribution in [0.1, 0.15) is 47.0 Å². The zero-order chi connectivity index (χ0) is 11.7. The minimum absolute atomic E-state index is 0.515. The Kier molecular flexibility index (Phi) is 1.98. The van der Waals surface area contributed by atoms with E-state index in [0.29, 0.717) is 11.3 Å². The van der Waals surface area contributed by atoms with Crippen LogP contribution in [0.25, 0.3) is 0 Å². The highest BCUT2D eigenvalue weighted by Crippen LogP contribution is 2.70. The van der Waals surface area contributed by atoms with E-state index in [-0.39, 0.29) is 0 Å². The van der Waals surface area contributed by atoms with Crippen molar-refractivity contribution in [3.8, 4) is 0 Å². The summed E-state index contributed by atoms with van der Waals surface area (Å²) in [5.41, 5.74) is 1.38. The summed E-state index contributed by atoms with van der Waals surface area (Å²) in [5.74, 6) is 3.10. The number of hydrogen-bond donors (Lipinski definition) is 1. The van der Waals surface area contributed by atoms with Crippen molar-refractivity contribution in [3.63, 3.8) is 0 Å². The van der Waals surface area contributed by atoms with Gasteiger partial charge in [0.2, 0.25) is 0 Å². The highest BCUT2D eigenvalue weighted by Gasteiger charge is 2.64. The summed E-state index contributed by atoms with van der Waals surface area (Å²) in [6, 6.07) is 0. The topological polar surface area (TPSA) is 20.2 Å². The Balaban J connectivity index is 1.99. The summed E-state index contributed by atoms with van der Waals surface area (Å²) in [6.07, 6.45) is 5.69. The lowest BCUT2D eigenvalue weighted by Crippen LogP contribution is -2.31. The van der Waals surface area contributed by atoms with Crippen LogP contribution in [0.2, 0.25) is 0 Å². The summed E-state index contributed by atoms with van der Waals surface area (Å²) < 4.78 is 0. The van der Waals surface area contributed by atoms with Crippen molar-refractivity contribution in [2.24, 2.45) is 29.1 Å². The van der Waals surface area contributed by atoms with E-state index in [1.165, 1.54) is 18.4 Å². The molecule has 1 nitrogen and oxygen atoms in total. The van der Waals surface area contributed by atoms with E-state index in [2.05, 4.69) is 26.8 Å². The van der Waals surface area contributed by atoms with Gasteiger partial charge in [0, 0.05) is 0 Å².